The van der Waals surface area contributed by atoms with Gasteiger partial charge in [-0.3, -0.25) is 0 Å². The van der Waals surface area contributed by atoms with Crippen LogP contribution in [0.5, 0.6) is 11.5 Å². The van der Waals surface area contributed by atoms with E-state index in [-0.39, 0.29) is 0 Å². The summed E-state index contributed by atoms with van der Waals surface area (Å²) >= 11 is 0. The number of benzene rings is 2. The molecule has 0 heterocycles. The molecular formula is C13H6F4O3. The summed E-state index contributed by atoms with van der Waals surface area (Å²) in [7, 11) is 0. The van der Waals surface area contributed by atoms with Gasteiger partial charge in [0, 0.05) is 0 Å². The fraction of sp³-hybridized carbons (Fsp3) is 0. The molecule has 0 fully saturated rings. The largest absolute Gasteiger partial charge is 0.478 e. The highest BCUT2D eigenvalue weighted by atomic mass is 19.2. The third-order valence-electron chi connectivity index (χ3n) is 2.37. The normalized spacial score (nSPS) is 10.4. The van der Waals surface area contributed by atoms with Gasteiger partial charge in [-0.15, -0.1) is 0 Å². The van der Waals surface area contributed by atoms with Crippen LogP contribution in [-0.4, -0.2) is 11.1 Å². The van der Waals surface area contributed by atoms with Crippen molar-refractivity contribution in [3.8, 4) is 11.5 Å². The van der Waals surface area contributed by atoms with Crippen molar-refractivity contribution in [3.05, 3.63) is 59.2 Å². The molecule has 0 atom stereocenters. The lowest BCUT2D eigenvalue weighted by Gasteiger charge is -2.09. The molecule has 2 aromatic rings. The van der Waals surface area contributed by atoms with E-state index in [1.165, 1.54) is 0 Å². The number of carbonyl (C=O) groups is 1. The average Bonchev–Trinajstić information content (AvgIpc) is 2.38. The monoisotopic (exact) mass is 286 g/mol. The van der Waals surface area contributed by atoms with Gasteiger partial charge in [-0.05, 0) is 24.3 Å². The molecule has 0 aliphatic rings. The second-order valence-corrected chi connectivity index (χ2v) is 3.73. The van der Waals surface area contributed by atoms with Crippen LogP contribution in [0, 0.1) is 23.3 Å². The summed E-state index contributed by atoms with van der Waals surface area (Å²) in [5.74, 6) is -8.60. The zero-order chi connectivity index (χ0) is 14.9. The van der Waals surface area contributed by atoms with Crippen LogP contribution >= 0.6 is 0 Å². The maximum Gasteiger partial charge on any atom is 0.335 e. The van der Waals surface area contributed by atoms with Crippen molar-refractivity contribution in [2.24, 2.45) is 0 Å². The minimum Gasteiger partial charge on any atom is -0.478 e. The summed E-state index contributed by atoms with van der Waals surface area (Å²) in [5.41, 5.74) is -0.632. The number of carboxylic acid groups (broad SMARTS) is 1. The Balaban J connectivity index is 2.44. The molecule has 0 radical (unpaired) electrons. The lowest BCUT2D eigenvalue weighted by atomic mass is 10.2. The first-order chi connectivity index (χ1) is 9.40. The van der Waals surface area contributed by atoms with Crippen LogP contribution in [0.1, 0.15) is 10.4 Å². The van der Waals surface area contributed by atoms with Gasteiger partial charge in [-0.25, -0.2) is 18.0 Å². The molecule has 0 bridgehead atoms. The fourth-order valence-corrected chi connectivity index (χ4v) is 1.45. The maximum atomic E-state index is 13.5. The molecular weight excluding hydrogens is 280 g/mol. The molecule has 2 rings (SSSR count). The lowest BCUT2D eigenvalue weighted by Crippen LogP contribution is -2.02. The molecule has 0 aromatic heterocycles. The number of hydrogen-bond donors (Lipinski definition) is 1. The van der Waals surface area contributed by atoms with E-state index in [2.05, 4.69) is 4.74 Å². The Morgan fingerprint density at radius 1 is 1.00 bits per heavy atom. The number of hydrogen-bond acceptors (Lipinski definition) is 2. The van der Waals surface area contributed by atoms with Gasteiger partial charge in [0.15, 0.2) is 29.0 Å². The van der Waals surface area contributed by atoms with E-state index >= 15 is 0 Å². The summed E-state index contributed by atoms with van der Waals surface area (Å²) in [6.45, 7) is 0. The van der Waals surface area contributed by atoms with Crippen LogP contribution in [0.4, 0.5) is 17.6 Å². The topological polar surface area (TPSA) is 46.5 Å². The molecule has 3 nitrogen and oxygen atoms in total. The standard InChI is InChI=1S/C13H6F4O3/c14-7-2-1-3-10(11(7)17)20-12-8(15)4-6(13(18)19)5-9(12)16/h1-5H,(H,18,19). The van der Waals surface area contributed by atoms with Crippen LogP contribution in [0.25, 0.3) is 0 Å². The van der Waals surface area contributed by atoms with Gasteiger partial charge >= 0.3 is 5.97 Å². The van der Waals surface area contributed by atoms with E-state index in [4.69, 9.17) is 5.11 Å². The first kappa shape index (κ1) is 13.9. The van der Waals surface area contributed by atoms with E-state index in [0.717, 1.165) is 18.2 Å². The Hall–Kier alpha value is -2.57. The summed E-state index contributed by atoms with van der Waals surface area (Å²) in [6, 6.07) is 3.90. The quantitative estimate of drug-likeness (QED) is 0.874. The molecule has 7 heteroatoms. The molecule has 0 aliphatic carbocycles. The van der Waals surface area contributed by atoms with Crippen molar-refractivity contribution in [1.29, 1.82) is 0 Å². The van der Waals surface area contributed by atoms with Crippen LogP contribution in [0.15, 0.2) is 30.3 Å². The highest BCUT2D eigenvalue weighted by molar-refractivity contribution is 5.87. The highest BCUT2D eigenvalue weighted by Crippen LogP contribution is 2.30. The van der Waals surface area contributed by atoms with Gasteiger partial charge in [0.2, 0.25) is 5.82 Å². The summed E-state index contributed by atoms with van der Waals surface area (Å²) in [6.07, 6.45) is 0. The molecule has 1 N–H and O–H groups in total. The fourth-order valence-electron chi connectivity index (χ4n) is 1.45. The predicted octanol–water partition coefficient (Wildman–Crippen LogP) is 3.73. The molecule has 2 aromatic carbocycles. The minimum absolute atomic E-state index is 0.512. The number of rotatable bonds is 3. The van der Waals surface area contributed by atoms with E-state index in [1.807, 2.05) is 0 Å². The van der Waals surface area contributed by atoms with Crippen LogP contribution < -0.4 is 4.74 Å². The smallest absolute Gasteiger partial charge is 0.335 e. The van der Waals surface area contributed by atoms with Crippen LogP contribution in [0.2, 0.25) is 0 Å². The van der Waals surface area contributed by atoms with Crippen molar-refractivity contribution in [3.63, 3.8) is 0 Å². The summed E-state index contributed by atoms with van der Waals surface area (Å²) in [4.78, 5) is 10.6. The van der Waals surface area contributed by atoms with E-state index in [0.29, 0.717) is 12.1 Å². The number of ether oxygens (including phenoxy) is 1. The van der Waals surface area contributed by atoms with Crippen molar-refractivity contribution in [2.75, 3.05) is 0 Å². The molecule has 0 amide bonds. The third-order valence-corrected chi connectivity index (χ3v) is 2.37. The van der Waals surface area contributed by atoms with Crippen molar-refractivity contribution < 1.29 is 32.2 Å². The lowest BCUT2D eigenvalue weighted by molar-refractivity contribution is 0.0695. The van der Waals surface area contributed by atoms with Gasteiger partial charge in [-0.1, -0.05) is 6.07 Å². The predicted molar refractivity (Wildman–Crippen MR) is 59.7 cm³/mol. The van der Waals surface area contributed by atoms with Crippen LogP contribution in [-0.2, 0) is 0 Å². The SMILES string of the molecule is O=C(O)c1cc(F)c(Oc2cccc(F)c2F)c(F)c1. The van der Waals surface area contributed by atoms with Crippen molar-refractivity contribution >= 4 is 5.97 Å². The van der Waals surface area contributed by atoms with Crippen molar-refractivity contribution in [1.82, 2.24) is 0 Å². The minimum atomic E-state index is -1.54. The van der Waals surface area contributed by atoms with E-state index in [9.17, 15) is 22.4 Å². The molecule has 0 saturated heterocycles. The second kappa shape index (κ2) is 5.20. The molecule has 0 unspecified atom stereocenters. The Morgan fingerprint density at radius 3 is 2.15 bits per heavy atom. The molecule has 0 aliphatic heterocycles. The van der Waals surface area contributed by atoms with Crippen LogP contribution in [0.3, 0.4) is 0 Å². The van der Waals surface area contributed by atoms with E-state index in [1.54, 1.807) is 0 Å². The van der Waals surface area contributed by atoms with Gasteiger partial charge in [0.25, 0.3) is 0 Å². The maximum absolute atomic E-state index is 13.5. The van der Waals surface area contributed by atoms with Gasteiger partial charge < -0.3 is 9.84 Å². The number of carboxylic acids is 1. The summed E-state index contributed by atoms with van der Waals surface area (Å²) in [5, 5.41) is 8.61. The Kier molecular flexibility index (Phi) is 3.60. The van der Waals surface area contributed by atoms with E-state index < -0.39 is 46.3 Å². The van der Waals surface area contributed by atoms with Crippen molar-refractivity contribution in [2.45, 2.75) is 0 Å². The Labute approximate surface area is 110 Å². The number of aromatic carboxylic acids is 1. The zero-order valence-corrected chi connectivity index (χ0v) is 9.66. The first-order valence-corrected chi connectivity index (χ1v) is 5.24. The molecule has 20 heavy (non-hydrogen) atoms. The molecule has 0 saturated carbocycles. The Bertz CT molecular complexity index is 662. The first-order valence-electron chi connectivity index (χ1n) is 5.24. The Morgan fingerprint density at radius 2 is 1.60 bits per heavy atom. The second-order valence-electron chi connectivity index (χ2n) is 3.73. The van der Waals surface area contributed by atoms with Gasteiger partial charge in [0.05, 0.1) is 5.56 Å². The third kappa shape index (κ3) is 2.56. The molecule has 0 spiro atoms. The van der Waals surface area contributed by atoms with Gasteiger partial charge in [-0.2, -0.15) is 4.39 Å². The zero-order valence-electron chi connectivity index (χ0n) is 9.66. The highest BCUT2D eigenvalue weighted by Gasteiger charge is 2.19. The summed E-state index contributed by atoms with van der Waals surface area (Å²) < 4.78 is 58.0. The van der Waals surface area contributed by atoms with Gasteiger partial charge in [0.1, 0.15) is 0 Å². The number of halogens is 4. The average molecular weight is 286 g/mol. The molecule has 104 valence electrons.